The highest BCUT2D eigenvalue weighted by Gasteiger charge is 2.10. The Balaban J connectivity index is 2.30. The zero-order valence-corrected chi connectivity index (χ0v) is 9.43. The number of aromatic carboxylic acids is 1. The normalized spacial score (nSPS) is 10.4. The van der Waals surface area contributed by atoms with Gasteiger partial charge in [0.15, 0.2) is 10.9 Å². The van der Waals surface area contributed by atoms with E-state index in [2.05, 4.69) is 20.2 Å². The molecule has 2 aromatic heterocycles. The van der Waals surface area contributed by atoms with Crippen LogP contribution in [0.1, 0.15) is 10.5 Å². The van der Waals surface area contributed by atoms with Crippen molar-refractivity contribution in [1.82, 2.24) is 24.7 Å². The van der Waals surface area contributed by atoms with E-state index in [0.717, 1.165) is 18.0 Å². The van der Waals surface area contributed by atoms with E-state index in [1.807, 2.05) is 0 Å². The van der Waals surface area contributed by atoms with Gasteiger partial charge in [0, 0.05) is 7.05 Å². The molecule has 0 bridgehead atoms. The highest BCUT2D eigenvalue weighted by atomic mass is 32.2. The Labute approximate surface area is 98.7 Å². The molecule has 0 saturated heterocycles. The SMILES string of the molecule is Cn1c(Sc2cncc(C(=O)O)n2)n[nH]c1=O. The summed E-state index contributed by atoms with van der Waals surface area (Å²) in [5.41, 5.74) is -0.509. The van der Waals surface area contributed by atoms with Crippen LogP contribution >= 0.6 is 11.8 Å². The topological polar surface area (TPSA) is 114 Å². The van der Waals surface area contributed by atoms with Crippen molar-refractivity contribution >= 4 is 17.7 Å². The minimum atomic E-state index is -1.16. The van der Waals surface area contributed by atoms with Crippen molar-refractivity contribution in [2.24, 2.45) is 7.05 Å². The van der Waals surface area contributed by atoms with E-state index in [0.29, 0.717) is 10.2 Å². The Morgan fingerprint density at radius 2 is 2.29 bits per heavy atom. The summed E-state index contributed by atoms with van der Waals surface area (Å²) >= 11 is 1.05. The maximum Gasteiger partial charge on any atom is 0.356 e. The van der Waals surface area contributed by atoms with Gasteiger partial charge in [-0.25, -0.2) is 19.7 Å². The Bertz CT molecular complexity index is 620. The zero-order chi connectivity index (χ0) is 12.4. The van der Waals surface area contributed by atoms with Gasteiger partial charge in [0.1, 0.15) is 5.03 Å². The van der Waals surface area contributed by atoms with E-state index >= 15 is 0 Å². The first kappa shape index (κ1) is 11.3. The number of nitrogens with zero attached hydrogens (tertiary/aromatic N) is 4. The number of carbonyl (C=O) groups is 1. The molecule has 0 aromatic carbocycles. The number of H-pyrrole nitrogens is 1. The van der Waals surface area contributed by atoms with Gasteiger partial charge in [0.25, 0.3) is 0 Å². The van der Waals surface area contributed by atoms with Gasteiger partial charge in [-0.1, -0.05) is 0 Å². The summed E-state index contributed by atoms with van der Waals surface area (Å²) in [6, 6.07) is 0. The number of rotatable bonds is 3. The standard InChI is InChI=1S/C8H7N5O3S/c1-13-7(16)11-12-8(13)17-5-3-9-2-4(10-5)6(14)15/h2-3H,1H3,(H,11,16)(H,14,15). The highest BCUT2D eigenvalue weighted by Crippen LogP contribution is 2.21. The zero-order valence-electron chi connectivity index (χ0n) is 8.62. The second kappa shape index (κ2) is 4.37. The quantitative estimate of drug-likeness (QED) is 0.775. The van der Waals surface area contributed by atoms with Crippen LogP contribution in [0.3, 0.4) is 0 Å². The summed E-state index contributed by atoms with van der Waals surface area (Å²) in [5, 5.41) is 15.5. The third-order valence-corrected chi connectivity index (χ3v) is 2.82. The van der Waals surface area contributed by atoms with Crippen molar-refractivity contribution in [3.8, 4) is 0 Å². The molecule has 9 heteroatoms. The van der Waals surface area contributed by atoms with Gasteiger partial charge in [0.05, 0.1) is 12.4 Å². The van der Waals surface area contributed by atoms with E-state index in [-0.39, 0.29) is 11.4 Å². The number of aromatic nitrogens is 5. The van der Waals surface area contributed by atoms with E-state index < -0.39 is 5.97 Å². The molecule has 2 aromatic rings. The minimum absolute atomic E-state index is 0.157. The average Bonchev–Trinajstić information content (AvgIpc) is 2.61. The first-order valence-electron chi connectivity index (χ1n) is 4.42. The molecule has 2 N–H and O–H groups in total. The molecule has 0 atom stereocenters. The van der Waals surface area contributed by atoms with Crippen LogP contribution in [0.2, 0.25) is 0 Å². The second-order valence-corrected chi connectivity index (χ2v) is 4.01. The molecule has 88 valence electrons. The molecular formula is C8H7N5O3S. The Kier molecular flexibility index (Phi) is 2.91. The van der Waals surface area contributed by atoms with Crippen LogP contribution < -0.4 is 5.69 Å². The monoisotopic (exact) mass is 253 g/mol. The van der Waals surface area contributed by atoms with Gasteiger partial charge < -0.3 is 5.11 Å². The largest absolute Gasteiger partial charge is 0.476 e. The van der Waals surface area contributed by atoms with E-state index in [4.69, 9.17) is 5.11 Å². The molecule has 0 fully saturated rings. The van der Waals surface area contributed by atoms with Gasteiger partial charge in [-0.05, 0) is 11.8 Å². The highest BCUT2D eigenvalue weighted by molar-refractivity contribution is 7.99. The number of carboxylic acid groups (broad SMARTS) is 1. The van der Waals surface area contributed by atoms with Gasteiger partial charge in [-0.15, -0.1) is 5.10 Å². The van der Waals surface area contributed by atoms with Crippen LogP contribution in [0.4, 0.5) is 0 Å². The fraction of sp³-hybridized carbons (Fsp3) is 0.125. The maximum absolute atomic E-state index is 11.1. The van der Waals surface area contributed by atoms with Gasteiger partial charge in [-0.3, -0.25) is 9.55 Å². The van der Waals surface area contributed by atoms with E-state index in [1.165, 1.54) is 10.8 Å². The molecular weight excluding hydrogens is 246 g/mol. The lowest BCUT2D eigenvalue weighted by atomic mass is 10.5. The second-order valence-electron chi connectivity index (χ2n) is 3.02. The van der Waals surface area contributed by atoms with Crippen molar-refractivity contribution in [2.45, 2.75) is 10.2 Å². The lowest BCUT2D eigenvalue weighted by molar-refractivity contribution is 0.0689. The number of nitrogens with one attached hydrogen (secondary N) is 1. The fourth-order valence-corrected chi connectivity index (χ4v) is 1.77. The first-order valence-corrected chi connectivity index (χ1v) is 5.24. The molecule has 17 heavy (non-hydrogen) atoms. The summed E-state index contributed by atoms with van der Waals surface area (Å²) in [4.78, 5) is 29.4. The lowest BCUT2D eigenvalue weighted by Crippen LogP contribution is -2.12. The summed E-state index contributed by atoms with van der Waals surface area (Å²) in [6.45, 7) is 0. The Hall–Kier alpha value is -2.16. The molecule has 0 aliphatic rings. The van der Waals surface area contributed by atoms with Crippen molar-refractivity contribution in [3.05, 3.63) is 28.6 Å². The maximum atomic E-state index is 11.1. The minimum Gasteiger partial charge on any atom is -0.476 e. The van der Waals surface area contributed by atoms with Crippen molar-refractivity contribution in [2.75, 3.05) is 0 Å². The molecule has 0 saturated carbocycles. The van der Waals surface area contributed by atoms with E-state index in [9.17, 15) is 9.59 Å². The average molecular weight is 253 g/mol. The van der Waals surface area contributed by atoms with Crippen LogP contribution in [0.15, 0.2) is 27.4 Å². The third kappa shape index (κ3) is 2.33. The van der Waals surface area contributed by atoms with Crippen molar-refractivity contribution in [1.29, 1.82) is 0 Å². The summed E-state index contributed by atoms with van der Waals surface area (Å²) in [7, 11) is 1.54. The Morgan fingerprint density at radius 3 is 2.88 bits per heavy atom. The smallest absolute Gasteiger partial charge is 0.356 e. The van der Waals surface area contributed by atoms with Gasteiger partial charge in [0.2, 0.25) is 0 Å². The predicted octanol–water partition coefficient (Wildman–Crippen LogP) is -0.252. The van der Waals surface area contributed by atoms with Crippen LogP contribution in [0.25, 0.3) is 0 Å². The van der Waals surface area contributed by atoms with Crippen LogP contribution in [-0.4, -0.2) is 35.8 Å². The van der Waals surface area contributed by atoms with Gasteiger partial charge in [-0.2, -0.15) is 0 Å². The lowest BCUT2D eigenvalue weighted by Gasteiger charge is -1.99. The predicted molar refractivity (Wildman–Crippen MR) is 56.9 cm³/mol. The molecule has 0 radical (unpaired) electrons. The van der Waals surface area contributed by atoms with Crippen LogP contribution in [0.5, 0.6) is 0 Å². The van der Waals surface area contributed by atoms with Crippen LogP contribution in [0, 0.1) is 0 Å². The molecule has 0 aliphatic heterocycles. The van der Waals surface area contributed by atoms with Crippen molar-refractivity contribution in [3.63, 3.8) is 0 Å². The third-order valence-electron chi connectivity index (χ3n) is 1.87. The Morgan fingerprint density at radius 1 is 1.53 bits per heavy atom. The first-order chi connectivity index (χ1) is 8.08. The summed E-state index contributed by atoms with van der Waals surface area (Å²) < 4.78 is 1.29. The summed E-state index contributed by atoms with van der Waals surface area (Å²) in [5.74, 6) is -1.16. The molecule has 0 spiro atoms. The number of aromatic amines is 1. The summed E-state index contributed by atoms with van der Waals surface area (Å²) in [6.07, 6.45) is 2.55. The van der Waals surface area contributed by atoms with Gasteiger partial charge >= 0.3 is 11.7 Å². The molecule has 0 amide bonds. The molecule has 0 unspecified atom stereocenters. The molecule has 2 rings (SSSR count). The molecule has 8 nitrogen and oxygen atoms in total. The number of hydrogen-bond acceptors (Lipinski definition) is 6. The van der Waals surface area contributed by atoms with E-state index in [1.54, 1.807) is 7.05 Å². The molecule has 0 aliphatic carbocycles. The number of carboxylic acids is 1. The number of hydrogen-bond donors (Lipinski definition) is 2. The van der Waals surface area contributed by atoms with Crippen molar-refractivity contribution < 1.29 is 9.90 Å². The fourth-order valence-electron chi connectivity index (χ4n) is 1.02. The molecule has 2 heterocycles. The van der Waals surface area contributed by atoms with Crippen LogP contribution in [-0.2, 0) is 7.05 Å².